The Labute approximate surface area is 140 Å². The molecule has 6 heteroatoms. The average molecular weight is 329 g/mol. The molecular formula is C17H17ClN4O. The molecule has 1 fully saturated rings. The number of pyridine rings is 2. The highest BCUT2D eigenvalue weighted by molar-refractivity contribution is 6.33. The number of aromatic nitrogens is 2. The molecule has 1 saturated heterocycles. The van der Waals surface area contributed by atoms with Gasteiger partial charge in [0.05, 0.1) is 17.3 Å². The molecule has 2 aromatic rings. The molecule has 0 N–H and O–H groups in total. The summed E-state index contributed by atoms with van der Waals surface area (Å²) in [5.74, 6) is 0.884. The van der Waals surface area contributed by atoms with Gasteiger partial charge in [0.25, 0.3) is 0 Å². The van der Waals surface area contributed by atoms with E-state index in [-0.39, 0.29) is 0 Å². The molecule has 0 bridgehead atoms. The first-order valence-electron chi connectivity index (χ1n) is 7.60. The normalized spacial score (nSPS) is 15.2. The Hall–Kier alpha value is -2.32. The van der Waals surface area contributed by atoms with E-state index in [4.69, 9.17) is 21.6 Å². The molecule has 0 amide bonds. The highest BCUT2D eigenvalue weighted by Crippen LogP contribution is 2.29. The monoisotopic (exact) mass is 328 g/mol. The van der Waals surface area contributed by atoms with E-state index in [2.05, 4.69) is 20.9 Å². The lowest BCUT2D eigenvalue weighted by Crippen LogP contribution is -2.35. The van der Waals surface area contributed by atoms with Gasteiger partial charge in [-0.1, -0.05) is 11.6 Å². The van der Waals surface area contributed by atoms with Gasteiger partial charge in [-0.2, -0.15) is 5.26 Å². The highest BCUT2D eigenvalue weighted by Gasteiger charge is 2.21. The third-order valence-corrected chi connectivity index (χ3v) is 4.34. The number of ether oxygens (including phenoxy) is 1. The van der Waals surface area contributed by atoms with Crippen molar-refractivity contribution in [2.75, 3.05) is 24.6 Å². The predicted octanol–water partition coefficient (Wildman–Crippen LogP) is 3.30. The number of halogens is 1. The van der Waals surface area contributed by atoms with Crippen molar-refractivity contribution in [2.45, 2.75) is 12.8 Å². The van der Waals surface area contributed by atoms with Crippen LogP contribution < -0.4 is 9.64 Å². The molecule has 0 atom stereocenters. The topological polar surface area (TPSA) is 62.0 Å². The maximum absolute atomic E-state index is 9.05. The van der Waals surface area contributed by atoms with Crippen molar-refractivity contribution >= 4 is 17.3 Å². The van der Waals surface area contributed by atoms with Crippen LogP contribution in [0.1, 0.15) is 18.4 Å². The number of nitrogens with zero attached hydrogens (tertiary/aromatic N) is 4. The SMILES string of the molecule is N#Cc1cccnc1OCC1CCN(c2ccncc2Cl)CC1. The van der Waals surface area contributed by atoms with Gasteiger partial charge >= 0.3 is 0 Å². The molecule has 0 saturated carbocycles. The minimum atomic E-state index is 0.426. The fraction of sp³-hybridized carbons (Fsp3) is 0.353. The lowest BCUT2D eigenvalue weighted by Gasteiger charge is -2.33. The van der Waals surface area contributed by atoms with Gasteiger partial charge in [-0.3, -0.25) is 4.98 Å². The highest BCUT2D eigenvalue weighted by atomic mass is 35.5. The molecule has 1 aliphatic heterocycles. The van der Waals surface area contributed by atoms with Crippen LogP contribution in [0.5, 0.6) is 5.88 Å². The van der Waals surface area contributed by atoms with E-state index in [1.54, 1.807) is 30.7 Å². The zero-order chi connectivity index (χ0) is 16.1. The lowest BCUT2D eigenvalue weighted by atomic mass is 9.97. The van der Waals surface area contributed by atoms with E-state index in [0.29, 0.717) is 29.0 Å². The molecule has 118 valence electrons. The fourth-order valence-corrected chi connectivity index (χ4v) is 2.99. The van der Waals surface area contributed by atoms with Gasteiger partial charge in [0, 0.05) is 31.7 Å². The van der Waals surface area contributed by atoms with E-state index in [1.165, 1.54) is 0 Å². The van der Waals surface area contributed by atoms with Crippen LogP contribution in [0.2, 0.25) is 5.02 Å². The Kier molecular flexibility index (Phi) is 4.94. The summed E-state index contributed by atoms with van der Waals surface area (Å²) in [6.07, 6.45) is 7.13. The number of anilines is 1. The third-order valence-electron chi connectivity index (χ3n) is 4.05. The number of hydrogen-bond donors (Lipinski definition) is 0. The quantitative estimate of drug-likeness (QED) is 0.861. The van der Waals surface area contributed by atoms with Crippen LogP contribution in [-0.2, 0) is 0 Å². The Bertz CT molecular complexity index is 708. The second-order valence-corrected chi connectivity index (χ2v) is 5.94. The molecule has 0 spiro atoms. The third kappa shape index (κ3) is 3.72. The van der Waals surface area contributed by atoms with Crippen molar-refractivity contribution in [3.63, 3.8) is 0 Å². The zero-order valence-corrected chi connectivity index (χ0v) is 13.4. The van der Waals surface area contributed by atoms with Crippen LogP contribution in [0, 0.1) is 17.2 Å². The Morgan fingerprint density at radius 3 is 2.87 bits per heavy atom. The van der Waals surface area contributed by atoms with Crippen LogP contribution in [-0.4, -0.2) is 29.7 Å². The smallest absolute Gasteiger partial charge is 0.231 e. The van der Waals surface area contributed by atoms with Gasteiger partial charge in [-0.25, -0.2) is 4.98 Å². The molecular weight excluding hydrogens is 312 g/mol. The Morgan fingerprint density at radius 2 is 2.13 bits per heavy atom. The zero-order valence-electron chi connectivity index (χ0n) is 12.7. The summed E-state index contributed by atoms with van der Waals surface area (Å²) < 4.78 is 5.74. The van der Waals surface area contributed by atoms with Crippen LogP contribution in [0.15, 0.2) is 36.8 Å². The minimum Gasteiger partial charge on any atom is -0.476 e. The lowest BCUT2D eigenvalue weighted by molar-refractivity contribution is 0.215. The average Bonchev–Trinajstić information content (AvgIpc) is 2.61. The molecule has 23 heavy (non-hydrogen) atoms. The van der Waals surface area contributed by atoms with Crippen molar-refractivity contribution in [1.29, 1.82) is 5.26 Å². The van der Waals surface area contributed by atoms with Crippen molar-refractivity contribution < 1.29 is 4.74 Å². The number of piperidine rings is 1. The first kappa shape index (κ1) is 15.6. The standard InChI is InChI=1S/C17H17ClN4O/c18-15-11-20-7-3-16(15)22-8-4-13(5-9-22)12-23-17-14(10-19)2-1-6-21-17/h1-3,6-7,11,13H,4-5,8-9,12H2. The van der Waals surface area contributed by atoms with Crippen LogP contribution in [0.4, 0.5) is 5.69 Å². The van der Waals surface area contributed by atoms with E-state index in [9.17, 15) is 0 Å². The van der Waals surface area contributed by atoms with Gasteiger partial charge in [0.2, 0.25) is 5.88 Å². The molecule has 0 unspecified atom stereocenters. The molecule has 0 radical (unpaired) electrons. The molecule has 0 aliphatic carbocycles. The van der Waals surface area contributed by atoms with E-state index < -0.39 is 0 Å². The second kappa shape index (κ2) is 7.30. The fourth-order valence-electron chi connectivity index (χ4n) is 2.75. The maximum Gasteiger partial charge on any atom is 0.231 e. The molecule has 3 heterocycles. The first-order valence-corrected chi connectivity index (χ1v) is 7.98. The molecule has 1 aliphatic rings. The summed E-state index contributed by atoms with van der Waals surface area (Å²) in [7, 11) is 0. The number of nitriles is 1. The van der Waals surface area contributed by atoms with E-state index in [0.717, 1.165) is 31.6 Å². The summed E-state index contributed by atoms with van der Waals surface area (Å²) in [5.41, 5.74) is 1.52. The largest absolute Gasteiger partial charge is 0.476 e. The molecule has 2 aromatic heterocycles. The first-order chi connectivity index (χ1) is 11.3. The van der Waals surface area contributed by atoms with Crippen LogP contribution in [0.25, 0.3) is 0 Å². The molecule has 5 nitrogen and oxygen atoms in total. The van der Waals surface area contributed by atoms with E-state index >= 15 is 0 Å². The number of hydrogen-bond acceptors (Lipinski definition) is 5. The molecule has 3 rings (SSSR count). The summed E-state index contributed by atoms with van der Waals surface area (Å²) in [5, 5.41) is 9.74. The summed E-state index contributed by atoms with van der Waals surface area (Å²) in [4.78, 5) is 10.4. The summed E-state index contributed by atoms with van der Waals surface area (Å²) >= 11 is 6.20. The number of rotatable bonds is 4. The molecule has 0 aromatic carbocycles. The van der Waals surface area contributed by atoms with Gasteiger partial charge in [0.15, 0.2) is 0 Å². The van der Waals surface area contributed by atoms with E-state index in [1.807, 2.05) is 6.07 Å². The van der Waals surface area contributed by atoms with Crippen LogP contribution in [0.3, 0.4) is 0 Å². The summed E-state index contributed by atoms with van der Waals surface area (Å²) in [6, 6.07) is 7.51. The van der Waals surface area contributed by atoms with Gasteiger partial charge in [0.1, 0.15) is 11.6 Å². The van der Waals surface area contributed by atoms with Crippen molar-refractivity contribution in [1.82, 2.24) is 9.97 Å². The summed E-state index contributed by atoms with van der Waals surface area (Å²) in [6.45, 7) is 2.46. The maximum atomic E-state index is 9.05. The Morgan fingerprint density at radius 1 is 1.30 bits per heavy atom. The van der Waals surface area contributed by atoms with Gasteiger partial charge in [-0.15, -0.1) is 0 Å². The Balaban J connectivity index is 1.54. The van der Waals surface area contributed by atoms with Gasteiger partial charge < -0.3 is 9.64 Å². The van der Waals surface area contributed by atoms with Crippen molar-refractivity contribution in [3.8, 4) is 11.9 Å². The van der Waals surface area contributed by atoms with Crippen LogP contribution >= 0.6 is 11.6 Å². The predicted molar refractivity (Wildman–Crippen MR) is 88.6 cm³/mol. The minimum absolute atomic E-state index is 0.426. The van der Waals surface area contributed by atoms with Crippen molar-refractivity contribution in [3.05, 3.63) is 47.4 Å². The van der Waals surface area contributed by atoms with Crippen molar-refractivity contribution in [2.24, 2.45) is 5.92 Å². The van der Waals surface area contributed by atoms with Gasteiger partial charge in [-0.05, 0) is 37.0 Å². The second-order valence-electron chi connectivity index (χ2n) is 5.54.